The van der Waals surface area contributed by atoms with Crippen LogP contribution in [-0.4, -0.2) is 40.2 Å². The molecule has 0 aromatic heterocycles. The van der Waals surface area contributed by atoms with Gasteiger partial charge in [-0.05, 0) is 32.8 Å². The van der Waals surface area contributed by atoms with Crippen molar-refractivity contribution in [2.75, 3.05) is 7.05 Å². The van der Waals surface area contributed by atoms with Gasteiger partial charge in [0.2, 0.25) is 11.8 Å². The number of carboxylic acid groups (broad SMARTS) is 1. The Bertz CT molecular complexity index is 877. The van der Waals surface area contributed by atoms with Crippen molar-refractivity contribution in [1.29, 1.82) is 0 Å². The number of rotatable bonds is 24. The monoisotopic (exact) mass is 590 g/mol. The molecule has 0 saturated heterocycles. The number of unbranched alkanes of at least 4 members (excludes halogenated alkanes) is 13. The summed E-state index contributed by atoms with van der Waals surface area (Å²) in [6.07, 6.45) is 17.7. The predicted octanol–water partition coefficient (Wildman–Crippen LogP) is 8.28. The Kier molecular flexibility index (Phi) is 18.8. The summed E-state index contributed by atoms with van der Waals surface area (Å²) in [7, 11) is 1.56. The number of nitrogens with one attached hydrogen (secondary N) is 2. The van der Waals surface area contributed by atoms with Crippen LogP contribution in [0.1, 0.15) is 136 Å². The number of likely N-dealkylation sites (N-methyl/N-ethyl adjacent to an activating group) is 1. The second kappa shape index (κ2) is 20.8. The van der Waals surface area contributed by atoms with E-state index in [1.807, 2.05) is 44.2 Å². The molecule has 0 spiro atoms. The van der Waals surface area contributed by atoms with E-state index in [1.165, 1.54) is 70.6 Å². The first-order chi connectivity index (χ1) is 19.6. The lowest BCUT2D eigenvalue weighted by Crippen LogP contribution is -2.67. The van der Waals surface area contributed by atoms with E-state index in [9.17, 15) is 19.5 Å². The molecule has 234 valence electrons. The van der Waals surface area contributed by atoms with Crippen LogP contribution in [0, 0.1) is 5.92 Å². The van der Waals surface area contributed by atoms with Gasteiger partial charge >= 0.3 is 5.97 Å². The van der Waals surface area contributed by atoms with Crippen LogP contribution in [-0.2, 0) is 20.1 Å². The van der Waals surface area contributed by atoms with Crippen molar-refractivity contribution < 1.29 is 19.5 Å². The molecule has 7 heteroatoms. The van der Waals surface area contributed by atoms with E-state index in [0.717, 1.165) is 24.8 Å². The molecule has 0 aliphatic rings. The fourth-order valence-electron chi connectivity index (χ4n) is 5.18. The lowest BCUT2D eigenvalue weighted by atomic mass is 9.85. The molecule has 0 bridgehead atoms. The lowest BCUT2D eigenvalue weighted by Gasteiger charge is -2.43. The summed E-state index contributed by atoms with van der Waals surface area (Å²) in [6, 6.07) is 10.0. The minimum Gasteiger partial charge on any atom is -0.481 e. The molecule has 41 heavy (non-hydrogen) atoms. The van der Waals surface area contributed by atoms with E-state index >= 15 is 0 Å². The molecule has 0 heterocycles. The standard InChI is InChI=1S/C34H58N2O4S/c1-6-7-8-9-10-11-12-13-14-15-16-17-18-22-25-29(26-30(37)38)31(39)36-34(4,32(40)35-5)33(2,3)41-27-28-23-20-19-21-24-28/h19-21,23-24,29H,6-18,22,25-27H2,1-5H3,(H,35,40)(H,36,39)(H,37,38)/t29?,34-/m0/s1. The van der Waals surface area contributed by atoms with E-state index in [2.05, 4.69) is 17.6 Å². The summed E-state index contributed by atoms with van der Waals surface area (Å²) in [4.78, 5) is 38.2. The van der Waals surface area contributed by atoms with E-state index < -0.39 is 22.2 Å². The third kappa shape index (κ3) is 14.6. The molecule has 1 unspecified atom stereocenters. The Morgan fingerprint density at radius 2 is 1.29 bits per heavy atom. The molecule has 3 N–H and O–H groups in total. The van der Waals surface area contributed by atoms with Gasteiger partial charge in [-0.15, -0.1) is 11.8 Å². The zero-order chi connectivity index (χ0) is 30.6. The number of aliphatic carboxylic acids is 1. The van der Waals surface area contributed by atoms with Crippen LogP contribution < -0.4 is 10.6 Å². The van der Waals surface area contributed by atoms with E-state index in [-0.39, 0.29) is 18.2 Å². The zero-order valence-corrected chi connectivity index (χ0v) is 27.4. The van der Waals surface area contributed by atoms with Crippen LogP contribution in [0.4, 0.5) is 0 Å². The largest absolute Gasteiger partial charge is 0.481 e. The molecule has 2 atom stereocenters. The van der Waals surface area contributed by atoms with Gasteiger partial charge in [0.25, 0.3) is 0 Å². The summed E-state index contributed by atoms with van der Waals surface area (Å²) in [5, 5.41) is 15.2. The molecule has 0 aliphatic carbocycles. The Morgan fingerprint density at radius 1 is 0.805 bits per heavy atom. The van der Waals surface area contributed by atoms with E-state index in [0.29, 0.717) is 12.2 Å². The van der Waals surface area contributed by atoms with Crippen molar-refractivity contribution in [3.05, 3.63) is 35.9 Å². The Balaban J connectivity index is 2.54. The highest BCUT2D eigenvalue weighted by Gasteiger charge is 2.49. The van der Waals surface area contributed by atoms with Crippen LogP contribution in [0.3, 0.4) is 0 Å². The van der Waals surface area contributed by atoms with Gasteiger partial charge < -0.3 is 15.7 Å². The number of carboxylic acids is 1. The molecule has 0 saturated carbocycles. The van der Waals surface area contributed by atoms with Crippen LogP contribution >= 0.6 is 11.8 Å². The Labute approximate surface area is 254 Å². The highest BCUT2D eigenvalue weighted by atomic mass is 32.2. The fourth-order valence-corrected chi connectivity index (χ4v) is 6.34. The maximum atomic E-state index is 13.4. The van der Waals surface area contributed by atoms with E-state index in [4.69, 9.17) is 0 Å². The minimum atomic E-state index is -1.22. The first kappa shape index (κ1) is 37.0. The van der Waals surface area contributed by atoms with Crippen LogP contribution in [0.15, 0.2) is 30.3 Å². The molecular weight excluding hydrogens is 532 g/mol. The molecule has 1 rings (SSSR count). The van der Waals surface area contributed by atoms with Gasteiger partial charge in [-0.2, -0.15) is 0 Å². The smallest absolute Gasteiger partial charge is 0.304 e. The lowest BCUT2D eigenvalue weighted by molar-refractivity contribution is -0.142. The van der Waals surface area contributed by atoms with Gasteiger partial charge in [-0.1, -0.05) is 127 Å². The molecule has 0 radical (unpaired) electrons. The van der Waals surface area contributed by atoms with Gasteiger partial charge in [0.05, 0.1) is 6.42 Å². The number of carbonyl (C=O) groups excluding carboxylic acids is 2. The average molecular weight is 591 g/mol. The minimum absolute atomic E-state index is 0.230. The number of carbonyl (C=O) groups is 3. The highest BCUT2D eigenvalue weighted by Crippen LogP contribution is 2.38. The maximum absolute atomic E-state index is 13.4. The quantitative estimate of drug-likeness (QED) is 0.105. The van der Waals surface area contributed by atoms with Gasteiger partial charge in [0.15, 0.2) is 0 Å². The van der Waals surface area contributed by atoms with Gasteiger partial charge in [-0.3, -0.25) is 14.4 Å². The summed E-state index contributed by atoms with van der Waals surface area (Å²) in [5.74, 6) is -1.62. The van der Waals surface area contributed by atoms with Crippen molar-refractivity contribution in [3.63, 3.8) is 0 Å². The van der Waals surface area contributed by atoms with Gasteiger partial charge in [0.1, 0.15) is 5.54 Å². The molecule has 2 amide bonds. The molecule has 6 nitrogen and oxygen atoms in total. The first-order valence-corrected chi connectivity index (χ1v) is 17.0. The second-order valence-electron chi connectivity index (χ2n) is 12.2. The number of thioether (sulfide) groups is 1. The topological polar surface area (TPSA) is 95.5 Å². The summed E-state index contributed by atoms with van der Waals surface area (Å²) in [5.41, 5.74) is -0.0809. The van der Waals surface area contributed by atoms with Crippen molar-refractivity contribution >= 4 is 29.5 Å². The summed E-state index contributed by atoms with van der Waals surface area (Å²) in [6.45, 7) is 7.91. The van der Waals surface area contributed by atoms with Gasteiger partial charge in [0, 0.05) is 23.5 Å². The third-order valence-electron chi connectivity index (χ3n) is 8.40. The van der Waals surface area contributed by atoms with Crippen molar-refractivity contribution in [3.8, 4) is 0 Å². The number of amides is 2. The highest BCUT2D eigenvalue weighted by molar-refractivity contribution is 8.00. The normalized spacial score (nSPS) is 13.8. The Hall–Kier alpha value is -2.02. The maximum Gasteiger partial charge on any atom is 0.304 e. The van der Waals surface area contributed by atoms with Crippen molar-refractivity contribution in [2.24, 2.45) is 5.92 Å². The van der Waals surface area contributed by atoms with Crippen LogP contribution in [0.2, 0.25) is 0 Å². The fraction of sp³-hybridized carbons (Fsp3) is 0.735. The number of hydrogen-bond donors (Lipinski definition) is 3. The number of hydrogen-bond acceptors (Lipinski definition) is 4. The summed E-state index contributed by atoms with van der Waals surface area (Å²) < 4.78 is -0.651. The summed E-state index contributed by atoms with van der Waals surface area (Å²) >= 11 is 1.60. The molecule has 1 aromatic rings. The molecule has 1 aromatic carbocycles. The van der Waals surface area contributed by atoms with Crippen LogP contribution in [0.25, 0.3) is 0 Å². The van der Waals surface area contributed by atoms with Crippen molar-refractivity contribution in [1.82, 2.24) is 10.6 Å². The molecule has 0 fully saturated rings. The number of benzene rings is 1. The van der Waals surface area contributed by atoms with E-state index in [1.54, 1.807) is 25.7 Å². The van der Waals surface area contributed by atoms with Crippen molar-refractivity contribution in [2.45, 2.75) is 146 Å². The second-order valence-corrected chi connectivity index (χ2v) is 13.8. The molecular formula is C34H58N2O4S. The third-order valence-corrected chi connectivity index (χ3v) is 10.0. The average Bonchev–Trinajstić information content (AvgIpc) is 2.95. The zero-order valence-electron chi connectivity index (χ0n) is 26.6. The predicted molar refractivity (Wildman–Crippen MR) is 173 cm³/mol. The molecule has 0 aliphatic heterocycles. The Morgan fingerprint density at radius 3 is 1.76 bits per heavy atom. The SMILES string of the molecule is CCCCCCCCCCCCCCCCC(CC(=O)O)C(=O)N[C@@](C)(C(=O)NC)C(C)(C)SCc1ccccc1. The first-order valence-electron chi connectivity index (χ1n) is 16.0. The van der Waals surface area contributed by atoms with Gasteiger partial charge in [-0.25, -0.2) is 0 Å². The van der Waals surface area contributed by atoms with Crippen LogP contribution in [0.5, 0.6) is 0 Å².